The Morgan fingerprint density at radius 1 is 1.22 bits per heavy atom. The minimum absolute atomic E-state index is 0.0916. The molecule has 3 aliphatic rings. The van der Waals surface area contributed by atoms with Crippen LogP contribution in [0.2, 0.25) is 0 Å². The van der Waals surface area contributed by atoms with Gasteiger partial charge in [0.1, 0.15) is 0 Å². The van der Waals surface area contributed by atoms with E-state index in [1.54, 1.807) is 0 Å². The number of Topliss-reactive ketones (excluding diaryl/α,β-unsaturated/α-hetero) is 1. The lowest BCUT2D eigenvalue weighted by molar-refractivity contribution is -0.121. The summed E-state index contributed by atoms with van der Waals surface area (Å²) in [4.78, 5) is 12.5. The van der Waals surface area contributed by atoms with Crippen molar-refractivity contribution in [1.29, 1.82) is 0 Å². The predicted molar refractivity (Wildman–Crippen MR) is 67.8 cm³/mol. The first-order chi connectivity index (χ1) is 8.21. The van der Waals surface area contributed by atoms with Crippen LogP contribution in [-0.4, -0.2) is 28.2 Å². The van der Waals surface area contributed by atoms with Gasteiger partial charge in [0.15, 0.2) is 5.78 Å². The van der Waals surface area contributed by atoms with Crippen molar-refractivity contribution in [2.75, 3.05) is 0 Å². The standard InChI is InChI=1S/C15H22O3/c1-7-10(16)5-8-12(17)11-9(15(7,8)4)6-14(2,3)13(11)18/h7-8,10,13,16,18H,5-6H2,1-4H3. The Bertz CT molecular complexity index is 462. The van der Waals surface area contributed by atoms with Crippen molar-refractivity contribution >= 4 is 5.78 Å². The second-order valence-electron chi connectivity index (χ2n) is 7.25. The van der Waals surface area contributed by atoms with Crippen LogP contribution in [0.15, 0.2) is 11.1 Å². The molecule has 0 radical (unpaired) electrons. The molecule has 18 heavy (non-hydrogen) atoms. The SMILES string of the molecule is CC1C(O)CC2C(=O)C3=C(CC(C)(C)C3O)C21C. The number of carbonyl (C=O) groups is 1. The number of hydrogen-bond donors (Lipinski definition) is 2. The molecule has 0 aromatic carbocycles. The third-order valence-corrected chi connectivity index (χ3v) is 5.93. The molecule has 0 aromatic rings. The van der Waals surface area contributed by atoms with Crippen molar-refractivity contribution in [2.45, 2.75) is 52.7 Å². The monoisotopic (exact) mass is 250 g/mol. The Balaban J connectivity index is 2.12. The molecular weight excluding hydrogens is 228 g/mol. The van der Waals surface area contributed by atoms with E-state index in [-0.39, 0.29) is 34.6 Å². The maximum Gasteiger partial charge on any atom is 0.165 e. The van der Waals surface area contributed by atoms with Gasteiger partial charge in [0.25, 0.3) is 0 Å². The van der Waals surface area contributed by atoms with Crippen LogP contribution in [0.1, 0.15) is 40.5 Å². The summed E-state index contributed by atoms with van der Waals surface area (Å²) in [5.41, 5.74) is 1.31. The minimum Gasteiger partial charge on any atom is -0.393 e. The van der Waals surface area contributed by atoms with Gasteiger partial charge in [-0.15, -0.1) is 0 Å². The summed E-state index contributed by atoms with van der Waals surface area (Å²) in [6.45, 7) is 8.16. The largest absolute Gasteiger partial charge is 0.393 e. The van der Waals surface area contributed by atoms with Crippen LogP contribution < -0.4 is 0 Å². The van der Waals surface area contributed by atoms with Gasteiger partial charge in [0.05, 0.1) is 12.2 Å². The zero-order chi connectivity index (χ0) is 13.5. The van der Waals surface area contributed by atoms with Gasteiger partial charge in [-0.1, -0.05) is 33.3 Å². The summed E-state index contributed by atoms with van der Waals surface area (Å²) in [6.07, 6.45) is 0.307. The second kappa shape index (κ2) is 3.26. The van der Waals surface area contributed by atoms with Crippen molar-refractivity contribution in [3.63, 3.8) is 0 Å². The van der Waals surface area contributed by atoms with Crippen LogP contribution in [0.4, 0.5) is 0 Å². The molecule has 1 fully saturated rings. The van der Waals surface area contributed by atoms with Crippen LogP contribution in [-0.2, 0) is 4.79 Å². The molecule has 3 nitrogen and oxygen atoms in total. The summed E-state index contributed by atoms with van der Waals surface area (Å²) >= 11 is 0. The van der Waals surface area contributed by atoms with E-state index in [0.29, 0.717) is 12.0 Å². The summed E-state index contributed by atoms with van der Waals surface area (Å²) in [5, 5.41) is 20.4. The fourth-order valence-corrected chi connectivity index (χ4v) is 4.43. The van der Waals surface area contributed by atoms with Crippen LogP contribution in [0.3, 0.4) is 0 Å². The smallest absolute Gasteiger partial charge is 0.165 e. The number of carbonyl (C=O) groups excluding carboxylic acids is 1. The fraction of sp³-hybridized carbons (Fsp3) is 0.800. The maximum absolute atomic E-state index is 12.5. The van der Waals surface area contributed by atoms with Gasteiger partial charge < -0.3 is 10.2 Å². The lowest BCUT2D eigenvalue weighted by atomic mass is 9.68. The normalized spacial score (nSPS) is 49.8. The molecule has 0 amide bonds. The first kappa shape index (κ1) is 12.4. The first-order valence-electron chi connectivity index (χ1n) is 6.85. The zero-order valence-electron chi connectivity index (χ0n) is 11.5. The van der Waals surface area contributed by atoms with Gasteiger partial charge in [0.2, 0.25) is 0 Å². The highest BCUT2D eigenvalue weighted by atomic mass is 16.3. The van der Waals surface area contributed by atoms with Gasteiger partial charge in [0, 0.05) is 16.9 Å². The molecule has 0 bridgehead atoms. The Morgan fingerprint density at radius 3 is 2.44 bits per heavy atom. The predicted octanol–water partition coefficient (Wildman–Crippen LogP) is 1.68. The van der Waals surface area contributed by atoms with Crippen molar-refractivity contribution in [3.05, 3.63) is 11.1 Å². The van der Waals surface area contributed by atoms with Crippen LogP contribution in [0, 0.1) is 22.7 Å². The van der Waals surface area contributed by atoms with Crippen molar-refractivity contribution in [1.82, 2.24) is 0 Å². The van der Waals surface area contributed by atoms with Gasteiger partial charge in [-0.2, -0.15) is 0 Å². The second-order valence-corrected chi connectivity index (χ2v) is 7.25. The zero-order valence-corrected chi connectivity index (χ0v) is 11.5. The van der Waals surface area contributed by atoms with E-state index in [2.05, 4.69) is 6.92 Å². The molecule has 3 aliphatic carbocycles. The molecule has 0 saturated heterocycles. The number of aliphatic hydroxyl groups is 2. The van der Waals surface area contributed by atoms with E-state index in [0.717, 1.165) is 12.0 Å². The van der Waals surface area contributed by atoms with Crippen LogP contribution in [0.25, 0.3) is 0 Å². The molecule has 5 atom stereocenters. The number of fused-ring (bicyclic) bond motifs is 2. The maximum atomic E-state index is 12.5. The van der Waals surface area contributed by atoms with Crippen LogP contribution in [0.5, 0.6) is 0 Å². The molecule has 3 heteroatoms. The minimum atomic E-state index is -0.633. The molecule has 1 saturated carbocycles. The highest BCUT2D eigenvalue weighted by Gasteiger charge is 2.64. The number of hydrogen-bond acceptors (Lipinski definition) is 3. The Morgan fingerprint density at radius 2 is 1.83 bits per heavy atom. The molecular formula is C15H22O3. The van der Waals surface area contributed by atoms with Crippen molar-refractivity contribution in [2.24, 2.45) is 22.7 Å². The number of aliphatic hydroxyl groups excluding tert-OH is 2. The Labute approximate surface area is 108 Å². The first-order valence-corrected chi connectivity index (χ1v) is 6.85. The average molecular weight is 250 g/mol. The summed E-state index contributed by atoms with van der Waals surface area (Å²) in [5.74, 6) is 0.0762. The highest BCUT2D eigenvalue weighted by Crippen LogP contribution is 2.64. The number of allylic oxidation sites excluding steroid dienone is 1. The van der Waals surface area contributed by atoms with Gasteiger partial charge >= 0.3 is 0 Å². The molecule has 0 aliphatic heterocycles. The lowest BCUT2D eigenvalue weighted by Gasteiger charge is -2.35. The third kappa shape index (κ3) is 1.15. The Hall–Kier alpha value is -0.670. The van der Waals surface area contributed by atoms with Gasteiger partial charge in [-0.25, -0.2) is 0 Å². The molecule has 5 unspecified atom stereocenters. The van der Waals surface area contributed by atoms with Gasteiger partial charge in [-0.05, 0) is 24.2 Å². The van der Waals surface area contributed by atoms with E-state index >= 15 is 0 Å². The Kier molecular flexibility index (Phi) is 2.24. The fourth-order valence-electron chi connectivity index (χ4n) is 4.43. The van der Waals surface area contributed by atoms with E-state index in [4.69, 9.17) is 0 Å². The van der Waals surface area contributed by atoms with E-state index in [1.807, 2.05) is 20.8 Å². The summed E-state index contributed by atoms with van der Waals surface area (Å²) in [6, 6.07) is 0. The molecule has 0 heterocycles. The number of ketones is 1. The van der Waals surface area contributed by atoms with E-state index in [1.165, 1.54) is 0 Å². The topological polar surface area (TPSA) is 57.5 Å². The summed E-state index contributed by atoms with van der Waals surface area (Å²) in [7, 11) is 0. The molecule has 3 rings (SSSR count). The highest BCUT2D eigenvalue weighted by molar-refractivity contribution is 6.04. The van der Waals surface area contributed by atoms with Crippen LogP contribution >= 0.6 is 0 Å². The lowest BCUT2D eigenvalue weighted by Crippen LogP contribution is -2.35. The molecule has 2 N–H and O–H groups in total. The van der Waals surface area contributed by atoms with E-state index < -0.39 is 6.10 Å². The van der Waals surface area contributed by atoms with Gasteiger partial charge in [-0.3, -0.25) is 4.79 Å². The average Bonchev–Trinajstić information content (AvgIpc) is 2.74. The number of rotatable bonds is 0. The van der Waals surface area contributed by atoms with Crippen molar-refractivity contribution in [3.8, 4) is 0 Å². The molecule has 0 aromatic heterocycles. The van der Waals surface area contributed by atoms with E-state index in [9.17, 15) is 15.0 Å². The third-order valence-electron chi connectivity index (χ3n) is 5.93. The summed E-state index contributed by atoms with van der Waals surface area (Å²) < 4.78 is 0. The quantitative estimate of drug-likeness (QED) is 0.687. The molecule has 0 spiro atoms. The molecule has 100 valence electrons. The van der Waals surface area contributed by atoms with Crippen molar-refractivity contribution < 1.29 is 15.0 Å².